The number of Topliss-reactive ketones (excluding diaryl/α,β-unsaturated/α-hetero) is 1. The van der Waals surface area contributed by atoms with E-state index in [4.69, 9.17) is 0 Å². The molecule has 0 amide bonds. The molecule has 0 spiro atoms. The van der Waals surface area contributed by atoms with Crippen molar-refractivity contribution in [2.45, 2.75) is 33.6 Å². The van der Waals surface area contributed by atoms with E-state index < -0.39 is 0 Å². The van der Waals surface area contributed by atoms with Crippen molar-refractivity contribution in [3.63, 3.8) is 0 Å². The summed E-state index contributed by atoms with van der Waals surface area (Å²) in [5.41, 5.74) is 3.55. The van der Waals surface area contributed by atoms with Crippen LogP contribution in [0.15, 0.2) is 48.6 Å². The van der Waals surface area contributed by atoms with E-state index in [0.29, 0.717) is 12.2 Å². The van der Waals surface area contributed by atoms with Gasteiger partial charge in [0, 0.05) is 17.8 Å². The second-order valence-corrected chi connectivity index (χ2v) is 7.27. The van der Waals surface area contributed by atoms with Crippen molar-refractivity contribution in [3.8, 4) is 0 Å². The monoisotopic (exact) mass is 266 g/mol. The summed E-state index contributed by atoms with van der Waals surface area (Å²) < 4.78 is 0. The molecule has 0 heterocycles. The average Bonchev–Trinajstić information content (AvgIpc) is 2.36. The number of benzene rings is 1. The highest BCUT2D eigenvalue weighted by atomic mass is 16.1. The van der Waals surface area contributed by atoms with E-state index in [1.165, 1.54) is 5.57 Å². The number of ketones is 1. The first-order chi connectivity index (χ1) is 9.33. The third kappa shape index (κ3) is 1.88. The van der Waals surface area contributed by atoms with Gasteiger partial charge < -0.3 is 0 Å². The minimum absolute atomic E-state index is 0.0533. The molecule has 3 aliphatic rings. The van der Waals surface area contributed by atoms with E-state index >= 15 is 0 Å². The standard InChI is InChI=1S/C19H22O/c1-13(14-8-6-5-7-9-14)15-10-16-17(20)11-19(15,4)12-18(16,2)3/h5-10,16H,1,11-12H2,2-4H3/t16-,19+/m1/s1. The molecule has 1 aromatic rings. The Kier molecular flexibility index (Phi) is 2.79. The molecule has 0 aliphatic heterocycles. The summed E-state index contributed by atoms with van der Waals surface area (Å²) >= 11 is 0. The van der Waals surface area contributed by atoms with E-state index in [1.807, 2.05) is 18.2 Å². The number of allylic oxidation sites excluding steroid dienone is 3. The summed E-state index contributed by atoms with van der Waals surface area (Å²) in [5.74, 6) is 0.452. The zero-order chi connectivity index (χ0) is 14.5. The van der Waals surface area contributed by atoms with E-state index in [2.05, 4.69) is 45.6 Å². The van der Waals surface area contributed by atoms with Crippen LogP contribution in [0.25, 0.3) is 5.57 Å². The first-order valence-corrected chi connectivity index (χ1v) is 7.33. The molecule has 2 bridgehead atoms. The fraction of sp³-hybridized carbons (Fsp3) is 0.421. The number of carbonyl (C=O) groups excluding carboxylic acids is 1. The first-order valence-electron chi connectivity index (χ1n) is 7.33. The Morgan fingerprint density at radius 2 is 1.85 bits per heavy atom. The molecule has 3 aliphatic carbocycles. The maximum Gasteiger partial charge on any atom is 0.141 e. The van der Waals surface area contributed by atoms with Crippen LogP contribution in [-0.4, -0.2) is 5.78 Å². The van der Waals surface area contributed by atoms with Gasteiger partial charge in [-0.2, -0.15) is 0 Å². The molecule has 2 atom stereocenters. The molecule has 1 nitrogen and oxygen atoms in total. The van der Waals surface area contributed by atoms with E-state index in [0.717, 1.165) is 17.6 Å². The number of fused-ring (bicyclic) bond motifs is 2. The Morgan fingerprint density at radius 3 is 2.40 bits per heavy atom. The molecule has 0 radical (unpaired) electrons. The second-order valence-electron chi connectivity index (χ2n) is 7.27. The second kappa shape index (κ2) is 4.18. The molecule has 20 heavy (non-hydrogen) atoms. The third-order valence-electron chi connectivity index (χ3n) is 5.03. The third-order valence-corrected chi connectivity index (χ3v) is 5.03. The van der Waals surface area contributed by atoms with Crippen LogP contribution in [0.3, 0.4) is 0 Å². The van der Waals surface area contributed by atoms with Crippen molar-refractivity contribution in [2.24, 2.45) is 16.7 Å². The van der Waals surface area contributed by atoms with Gasteiger partial charge in [-0.15, -0.1) is 0 Å². The van der Waals surface area contributed by atoms with E-state index in [9.17, 15) is 4.79 Å². The summed E-state index contributed by atoms with van der Waals surface area (Å²) in [5, 5.41) is 0. The van der Waals surface area contributed by atoms with Gasteiger partial charge in [0.25, 0.3) is 0 Å². The van der Waals surface area contributed by atoms with Gasteiger partial charge >= 0.3 is 0 Å². The summed E-state index contributed by atoms with van der Waals surface area (Å²) in [6.07, 6.45) is 3.93. The minimum Gasteiger partial charge on any atom is -0.299 e. The molecule has 1 saturated carbocycles. The molecular weight excluding hydrogens is 244 g/mol. The Bertz CT molecular complexity index is 606. The zero-order valence-corrected chi connectivity index (χ0v) is 12.6. The summed E-state index contributed by atoms with van der Waals surface area (Å²) in [4.78, 5) is 12.3. The van der Waals surface area contributed by atoms with Gasteiger partial charge in [-0.3, -0.25) is 4.79 Å². The quantitative estimate of drug-likeness (QED) is 0.761. The van der Waals surface area contributed by atoms with Gasteiger partial charge in [0.1, 0.15) is 5.78 Å². The van der Waals surface area contributed by atoms with Crippen LogP contribution in [0.2, 0.25) is 0 Å². The van der Waals surface area contributed by atoms with Crippen molar-refractivity contribution in [1.29, 1.82) is 0 Å². The summed E-state index contributed by atoms with van der Waals surface area (Å²) in [7, 11) is 0. The maximum atomic E-state index is 12.3. The van der Waals surface area contributed by atoms with Gasteiger partial charge in [0.15, 0.2) is 0 Å². The fourth-order valence-electron chi connectivity index (χ4n) is 4.24. The molecule has 1 fully saturated rings. The van der Waals surface area contributed by atoms with Gasteiger partial charge in [-0.25, -0.2) is 0 Å². The van der Waals surface area contributed by atoms with E-state index in [-0.39, 0.29) is 16.7 Å². The summed E-state index contributed by atoms with van der Waals surface area (Å²) in [6, 6.07) is 10.3. The first kappa shape index (κ1) is 13.4. The predicted octanol–water partition coefficient (Wildman–Crippen LogP) is 4.65. The highest BCUT2D eigenvalue weighted by Gasteiger charge is 2.52. The van der Waals surface area contributed by atoms with Gasteiger partial charge in [-0.05, 0) is 28.5 Å². The number of carbonyl (C=O) groups is 1. The largest absolute Gasteiger partial charge is 0.299 e. The Morgan fingerprint density at radius 1 is 1.20 bits per heavy atom. The molecular formula is C19H22O. The normalized spacial score (nSPS) is 31.1. The van der Waals surface area contributed by atoms with Crippen LogP contribution in [0, 0.1) is 16.7 Å². The smallest absolute Gasteiger partial charge is 0.141 e. The van der Waals surface area contributed by atoms with Crippen LogP contribution < -0.4 is 0 Å². The Labute approximate surface area is 121 Å². The summed E-state index contributed by atoms with van der Waals surface area (Å²) in [6.45, 7) is 11.0. The maximum absolute atomic E-state index is 12.3. The van der Waals surface area contributed by atoms with Gasteiger partial charge in [-0.1, -0.05) is 63.8 Å². The lowest BCUT2D eigenvalue weighted by molar-refractivity contribution is -0.132. The van der Waals surface area contributed by atoms with Gasteiger partial charge in [0.2, 0.25) is 0 Å². The topological polar surface area (TPSA) is 17.1 Å². The van der Waals surface area contributed by atoms with Gasteiger partial charge in [0.05, 0.1) is 0 Å². The predicted molar refractivity (Wildman–Crippen MR) is 83.2 cm³/mol. The number of hydrogen-bond acceptors (Lipinski definition) is 1. The van der Waals surface area contributed by atoms with Crippen molar-refractivity contribution < 1.29 is 4.79 Å². The van der Waals surface area contributed by atoms with Crippen molar-refractivity contribution in [1.82, 2.24) is 0 Å². The van der Waals surface area contributed by atoms with Crippen LogP contribution in [0.1, 0.15) is 39.2 Å². The molecule has 104 valence electrons. The lowest BCUT2D eigenvalue weighted by atomic mass is 9.50. The molecule has 1 heteroatoms. The van der Waals surface area contributed by atoms with Crippen LogP contribution in [0.5, 0.6) is 0 Å². The molecule has 4 rings (SSSR count). The minimum atomic E-state index is -0.0533. The van der Waals surface area contributed by atoms with E-state index in [1.54, 1.807) is 0 Å². The van der Waals surface area contributed by atoms with Crippen molar-refractivity contribution >= 4 is 11.4 Å². The molecule has 0 aromatic heterocycles. The Hall–Kier alpha value is -1.63. The number of hydrogen-bond donors (Lipinski definition) is 0. The fourth-order valence-corrected chi connectivity index (χ4v) is 4.24. The van der Waals surface area contributed by atoms with Crippen LogP contribution >= 0.6 is 0 Å². The van der Waals surface area contributed by atoms with Crippen LogP contribution in [0.4, 0.5) is 0 Å². The molecule has 1 aromatic carbocycles. The van der Waals surface area contributed by atoms with Crippen molar-refractivity contribution in [3.05, 3.63) is 54.1 Å². The molecule has 0 N–H and O–H groups in total. The van der Waals surface area contributed by atoms with Crippen molar-refractivity contribution in [2.75, 3.05) is 0 Å². The molecule has 0 saturated heterocycles. The highest BCUT2D eigenvalue weighted by Crippen LogP contribution is 2.58. The van der Waals surface area contributed by atoms with Crippen LogP contribution in [-0.2, 0) is 4.79 Å². The Balaban J connectivity index is 2.06. The average molecular weight is 266 g/mol. The lowest BCUT2D eigenvalue weighted by Crippen LogP contribution is -2.48. The lowest BCUT2D eigenvalue weighted by Gasteiger charge is -2.52. The number of rotatable bonds is 2. The molecule has 0 unspecified atom stereocenters. The zero-order valence-electron chi connectivity index (χ0n) is 12.6. The highest BCUT2D eigenvalue weighted by molar-refractivity contribution is 5.92. The SMILES string of the molecule is C=C(C1=C[C@@H]2C(=O)C[C@@]1(C)CC2(C)C)c1ccccc1.